The number of hydrogen-bond acceptors (Lipinski definition) is 4. The molecule has 0 saturated carbocycles. The molecule has 0 radical (unpaired) electrons. The minimum absolute atomic E-state index is 0.0995. The molecule has 0 N–H and O–H groups in total. The van der Waals surface area contributed by atoms with Crippen LogP contribution in [-0.2, 0) is 12.8 Å². The summed E-state index contributed by atoms with van der Waals surface area (Å²) >= 11 is 0. The van der Waals surface area contributed by atoms with E-state index in [1.165, 1.54) is 17.7 Å². The van der Waals surface area contributed by atoms with Crippen molar-refractivity contribution in [2.45, 2.75) is 32.6 Å². The van der Waals surface area contributed by atoms with E-state index in [0.29, 0.717) is 24.1 Å². The van der Waals surface area contributed by atoms with Crippen LogP contribution in [0.2, 0.25) is 0 Å². The molecule has 3 aromatic rings. The highest BCUT2D eigenvalue weighted by atomic mass is 19.1. The first-order chi connectivity index (χ1) is 14.1. The lowest BCUT2D eigenvalue weighted by atomic mass is 9.93. The molecule has 0 atom stereocenters. The number of benzene rings is 2. The molecular weight excluding hydrogens is 369 g/mol. The Morgan fingerprint density at radius 3 is 2.45 bits per heavy atom. The highest BCUT2D eigenvalue weighted by Gasteiger charge is 2.25. The van der Waals surface area contributed by atoms with E-state index in [1.54, 1.807) is 12.1 Å². The molecule has 0 aliphatic carbocycles. The van der Waals surface area contributed by atoms with Gasteiger partial charge in [-0.25, -0.2) is 4.39 Å². The maximum Gasteiger partial charge on any atom is 0.253 e. The van der Waals surface area contributed by atoms with Crippen molar-refractivity contribution in [1.29, 1.82) is 0 Å². The normalized spacial score (nSPS) is 14.9. The molecular formula is C23H24FN3O2. The number of aryl methyl sites for hydroxylation is 1. The summed E-state index contributed by atoms with van der Waals surface area (Å²) in [5, 5.41) is 4.01. The lowest BCUT2D eigenvalue weighted by Crippen LogP contribution is -2.38. The summed E-state index contributed by atoms with van der Waals surface area (Å²) in [6.07, 6.45) is 3.49. The Kier molecular flexibility index (Phi) is 5.69. The van der Waals surface area contributed by atoms with Gasteiger partial charge in [0, 0.05) is 30.6 Å². The van der Waals surface area contributed by atoms with Gasteiger partial charge in [0.05, 0.1) is 0 Å². The molecule has 1 aromatic heterocycles. The van der Waals surface area contributed by atoms with Crippen molar-refractivity contribution in [3.63, 3.8) is 0 Å². The third kappa shape index (κ3) is 4.53. The Labute approximate surface area is 169 Å². The first-order valence-electron chi connectivity index (χ1n) is 10.1. The quantitative estimate of drug-likeness (QED) is 0.639. The van der Waals surface area contributed by atoms with Gasteiger partial charge in [-0.1, -0.05) is 24.2 Å². The predicted molar refractivity (Wildman–Crippen MR) is 108 cm³/mol. The van der Waals surface area contributed by atoms with Crippen molar-refractivity contribution < 1.29 is 13.7 Å². The lowest BCUT2D eigenvalue weighted by molar-refractivity contribution is 0.0687. The second-order valence-corrected chi connectivity index (χ2v) is 7.51. The molecule has 1 aliphatic heterocycles. The molecule has 1 fully saturated rings. The van der Waals surface area contributed by atoms with Crippen LogP contribution in [0.5, 0.6) is 0 Å². The molecule has 2 aromatic carbocycles. The third-order valence-corrected chi connectivity index (χ3v) is 5.54. The standard InChI is InChI=1S/C23H24FN3O2/c1-2-16-3-5-19(6-4-16)23(28)27-13-11-17(12-14-27)15-21-25-22(26-29-21)18-7-9-20(24)10-8-18/h3-10,17H,2,11-15H2,1H3. The zero-order valence-electron chi connectivity index (χ0n) is 16.5. The predicted octanol–water partition coefficient (Wildman–Crippen LogP) is 4.53. The average Bonchev–Trinajstić information content (AvgIpc) is 3.23. The van der Waals surface area contributed by atoms with E-state index < -0.39 is 0 Å². The van der Waals surface area contributed by atoms with Gasteiger partial charge < -0.3 is 9.42 Å². The van der Waals surface area contributed by atoms with Crippen LogP contribution in [0.1, 0.15) is 41.6 Å². The molecule has 150 valence electrons. The van der Waals surface area contributed by atoms with Gasteiger partial charge in [0.1, 0.15) is 5.82 Å². The van der Waals surface area contributed by atoms with Gasteiger partial charge in [-0.2, -0.15) is 4.98 Å². The number of amides is 1. The van der Waals surface area contributed by atoms with Crippen molar-refractivity contribution in [1.82, 2.24) is 15.0 Å². The summed E-state index contributed by atoms with van der Waals surface area (Å²) < 4.78 is 18.4. The fourth-order valence-electron chi connectivity index (χ4n) is 3.71. The van der Waals surface area contributed by atoms with Gasteiger partial charge in [0.15, 0.2) is 0 Å². The average molecular weight is 393 g/mol. The maximum atomic E-state index is 13.1. The zero-order chi connectivity index (χ0) is 20.2. The van der Waals surface area contributed by atoms with Gasteiger partial charge in [-0.3, -0.25) is 4.79 Å². The number of halogens is 1. The largest absolute Gasteiger partial charge is 0.339 e. The topological polar surface area (TPSA) is 59.2 Å². The van der Waals surface area contributed by atoms with Gasteiger partial charge in [0.25, 0.3) is 5.91 Å². The summed E-state index contributed by atoms with van der Waals surface area (Å²) in [5.41, 5.74) is 2.72. The minimum atomic E-state index is -0.292. The number of carbonyl (C=O) groups is 1. The number of likely N-dealkylation sites (tertiary alicyclic amines) is 1. The summed E-state index contributed by atoms with van der Waals surface area (Å²) in [6, 6.07) is 13.9. The van der Waals surface area contributed by atoms with E-state index in [-0.39, 0.29) is 11.7 Å². The number of carbonyl (C=O) groups excluding carboxylic acids is 1. The highest BCUT2D eigenvalue weighted by molar-refractivity contribution is 5.94. The molecule has 1 aliphatic rings. The monoisotopic (exact) mass is 393 g/mol. The van der Waals surface area contributed by atoms with Crippen molar-refractivity contribution in [3.8, 4) is 11.4 Å². The molecule has 0 bridgehead atoms. The second-order valence-electron chi connectivity index (χ2n) is 7.51. The van der Waals surface area contributed by atoms with Crippen molar-refractivity contribution in [2.75, 3.05) is 13.1 Å². The first-order valence-corrected chi connectivity index (χ1v) is 10.1. The zero-order valence-corrected chi connectivity index (χ0v) is 16.5. The Morgan fingerprint density at radius 2 is 1.79 bits per heavy atom. The Hall–Kier alpha value is -3.02. The Morgan fingerprint density at radius 1 is 1.10 bits per heavy atom. The van der Waals surface area contributed by atoms with Crippen LogP contribution in [0.25, 0.3) is 11.4 Å². The number of nitrogens with zero attached hydrogens (tertiary/aromatic N) is 3. The van der Waals surface area contributed by atoms with Gasteiger partial charge >= 0.3 is 0 Å². The lowest BCUT2D eigenvalue weighted by Gasteiger charge is -2.31. The molecule has 1 amide bonds. The van der Waals surface area contributed by atoms with E-state index in [2.05, 4.69) is 17.1 Å². The second kappa shape index (κ2) is 8.55. The van der Waals surface area contributed by atoms with Gasteiger partial charge in [-0.05, 0) is 67.1 Å². The fraction of sp³-hybridized carbons (Fsp3) is 0.348. The van der Waals surface area contributed by atoms with Crippen LogP contribution >= 0.6 is 0 Å². The maximum absolute atomic E-state index is 13.1. The van der Waals surface area contributed by atoms with E-state index in [1.807, 2.05) is 29.2 Å². The minimum Gasteiger partial charge on any atom is -0.339 e. The summed E-state index contributed by atoms with van der Waals surface area (Å²) in [6.45, 7) is 3.57. The number of aromatic nitrogens is 2. The Bertz CT molecular complexity index is 959. The van der Waals surface area contributed by atoms with Crippen LogP contribution in [0, 0.1) is 11.7 Å². The van der Waals surface area contributed by atoms with Crippen LogP contribution in [0.15, 0.2) is 53.1 Å². The van der Waals surface area contributed by atoms with Crippen LogP contribution in [0.4, 0.5) is 4.39 Å². The molecule has 29 heavy (non-hydrogen) atoms. The fourth-order valence-corrected chi connectivity index (χ4v) is 3.71. The van der Waals surface area contributed by atoms with Crippen molar-refractivity contribution in [2.24, 2.45) is 5.92 Å². The van der Waals surface area contributed by atoms with Crippen LogP contribution < -0.4 is 0 Å². The van der Waals surface area contributed by atoms with E-state index >= 15 is 0 Å². The summed E-state index contributed by atoms with van der Waals surface area (Å²) in [7, 11) is 0. The molecule has 0 unspecified atom stereocenters. The molecule has 6 heteroatoms. The summed E-state index contributed by atoms with van der Waals surface area (Å²) in [4.78, 5) is 19.1. The molecule has 1 saturated heterocycles. The number of piperidine rings is 1. The first kappa shape index (κ1) is 19.3. The molecule has 4 rings (SSSR count). The van der Waals surface area contributed by atoms with E-state index in [0.717, 1.165) is 43.5 Å². The SMILES string of the molecule is CCc1ccc(C(=O)N2CCC(Cc3nc(-c4ccc(F)cc4)no3)CC2)cc1. The number of rotatable bonds is 5. The number of hydrogen-bond donors (Lipinski definition) is 0. The van der Waals surface area contributed by atoms with Crippen molar-refractivity contribution in [3.05, 3.63) is 71.4 Å². The molecule has 5 nitrogen and oxygen atoms in total. The summed E-state index contributed by atoms with van der Waals surface area (Å²) in [5.74, 6) is 1.28. The smallest absolute Gasteiger partial charge is 0.253 e. The van der Waals surface area contributed by atoms with Crippen molar-refractivity contribution >= 4 is 5.91 Å². The van der Waals surface area contributed by atoms with Gasteiger partial charge in [0.2, 0.25) is 11.7 Å². The molecule has 0 spiro atoms. The highest BCUT2D eigenvalue weighted by Crippen LogP contribution is 2.24. The Balaban J connectivity index is 1.32. The molecule has 2 heterocycles. The van der Waals surface area contributed by atoms with E-state index in [9.17, 15) is 9.18 Å². The third-order valence-electron chi connectivity index (χ3n) is 5.54. The van der Waals surface area contributed by atoms with Crippen LogP contribution in [-0.4, -0.2) is 34.0 Å². The van der Waals surface area contributed by atoms with Gasteiger partial charge in [-0.15, -0.1) is 0 Å². The van der Waals surface area contributed by atoms with E-state index in [4.69, 9.17) is 4.52 Å². The van der Waals surface area contributed by atoms with Crippen LogP contribution in [0.3, 0.4) is 0 Å².